The summed E-state index contributed by atoms with van der Waals surface area (Å²) in [6.07, 6.45) is 5.51. The van der Waals surface area contributed by atoms with Crippen LogP contribution in [0.4, 0.5) is 11.4 Å². The van der Waals surface area contributed by atoms with E-state index in [4.69, 9.17) is 0 Å². The molecule has 0 spiro atoms. The highest BCUT2D eigenvalue weighted by atomic mass is 32.2. The zero-order valence-electron chi connectivity index (χ0n) is 13.8. The third kappa shape index (κ3) is 3.54. The highest BCUT2D eigenvalue weighted by Crippen LogP contribution is 2.34. The normalized spacial score (nSPS) is 22.7. The first-order valence-corrected chi connectivity index (χ1v) is 10.2. The summed E-state index contributed by atoms with van der Waals surface area (Å²) >= 11 is 0. The lowest BCUT2D eigenvalue weighted by Crippen LogP contribution is -2.41. The Balaban J connectivity index is 1.78. The Morgan fingerprint density at radius 1 is 1.25 bits per heavy atom. The van der Waals surface area contributed by atoms with E-state index in [1.54, 1.807) is 6.07 Å². The van der Waals surface area contributed by atoms with Gasteiger partial charge in [0.1, 0.15) is 5.69 Å². The van der Waals surface area contributed by atoms with Crippen molar-refractivity contribution >= 4 is 21.2 Å². The molecule has 0 aromatic heterocycles. The first-order chi connectivity index (χ1) is 11.4. The predicted molar refractivity (Wildman–Crippen MR) is 92.2 cm³/mol. The SMILES string of the molecule is CS(=O)(=O)c1ccc(N2CCC(C3CCCN3)CC2)c([N+](=O)[O-])c1. The number of hydrogen-bond donors (Lipinski definition) is 1. The summed E-state index contributed by atoms with van der Waals surface area (Å²) in [5.74, 6) is 0.623. The second-order valence-electron chi connectivity index (χ2n) is 6.71. The van der Waals surface area contributed by atoms with E-state index in [0.29, 0.717) is 17.6 Å². The van der Waals surface area contributed by atoms with Crippen molar-refractivity contribution < 1.29 is 13.3 Å². The van der Waals surface area contributed by atoms with Crippen LogP contribution in [0.2, 0.25) is 0 Å². The zero-order valence-corrected chi connectivity index (χ0v) is 14.6. The van der Waals surface area contributed by atoms with Crippen LogP contribution in [0.3, 0.4) is 0 Å². The minimum Gasteiger partial charge on any atom is -0.366 e. The van der Waals surface area contributed by atoms with Gasteiger partial charge in [-0.2, -0.15) is 0 Å². The Morgan fingerprint density at radius 3 is 2.50 bits per heavy atom. The van der Waals surface area contributed by atoms with Gasteiger partial charge >= 0.3 is 0 Å². The molecule has 2 aliphatic rings. The van der Waals surface area contributed by atoms with Crippen molar-refractivity contribution in [3.63, 3.8) is 0 Å². The van der Waals surface area contributed by atoms with E-state index in [1.807, 2.05) is 4.90 Å². The van der Waals surface area contributed by atoms with E-state index in [-0.39, 0.29) is 10.6 Å². The summed E-state index contributed by atoms with van der Waals surface area (Å²) in [7, 11) is -3.46. The van der Waals surface area contributed by atoms with Gasteiger partial charge in [-0.3, -0.25) is 10.1 Å². The minimum atomic E-state index is -3.46. The fourth-order valence-electron chi connectivity index (χ4n) is 3.80. The number of benzene rings is 1. The van der Waals surface area contributed by atoms with E-state index in [1.165, 1.54) is 25.0 Å². The molecule has 1 aromatic carbocycles. The Kier molecular flexibility index (Phi) is 4.78. The molecule has 7 nitrogen and oxygen atoms in total. The number of anilines is 1. The molecule has 3 rings (SSSR count). The maximum atomic E-state index is 11.6. The molecule has 132 valence electrons. The van der Waals surface area contributed by atoms with Gasteiger partial charge in [0.2, 0.25) is 0 Å². The summed E-state index contributed by atoms with van der Waals surface area (Å²) in [5.41, 5.74) is 0.389. The summed E-state index contributed by atoms with van der Waals surface area (Å²) in [6.45, 7) is 2.62. The van der Waals surface area contributed by atoms with E-state index < -0.39 is 14.8 Å². The van der Waals surface area contributed by atoms with Gasteiger partial charge in [0.15, 0.2) is 9.84 Å². The molecular weight excluding hydrogens is 330 g/mol. The van der Waals surface area contributed by atoms with Gasteiger partial charge in [-0.05, 0) is 50.3 Å². The maximum absolute atomic E-state index is 11.6. The molecule has 0 radical (unpaired) electrons. The summed E-state index contributed by atoms with van der Waals surface area (Å²) in [6, 6.07) is 4.79. The molecule has 24 heavy (non-hydrogen) atoms. The summed E-state index contributed by atoms with van der Waals surface area (Å²) < 4.78 is 23.3. The Hall–Kier alpha value is -1.67. The van der Waals surface area contributed by atoms with Crippen LogP contribution in [-0.2, 0) is 9.84 Å². The van der Waals surface area contributed by atoms with Gasteiger partial charge in [-0.1, -0.05) is 0 Å². The maximum Gasteiger partial charge on any atom is 0.293 e. The van der Waals surface area contributed by atoms with Crippen LogP contribution in [-0.4, -0.2) is 45.3 Å². The number of nitro groups is 1. The zero-order chi connectivity index (χ0) is 17.3. The third-order valence-corrected chi connectivity index (χ3v) is 6.23. The molecule has 0 aliphatic carbocycles. The van der Waals surface area contributed by atoms with Crippen molar-refractivity contribution in [2.45, 2.75) is 36.6 Å². The molecule has 2 fully saturated rings. The van der Waals surface area contributed by atoms with E-state index in [2.05, 4.69) is 5.32 Å². The molecular formula is C16H23N3O4S. The number of hydrogen-bond acceptors (Lipinski definition) is 6. The van der Waals surface area contributed by atoms with Crippen LogP contribution in [0.1, 0.15) is 25.7 Å². The third-order valence-electron chi connectivity index (χ3n) is 5.12. The largest absolute Gasteiger partial charge is 0.366 e. The van der Waals surface area contributed by atoms with Crippen molar-refractivity contribution in [3.8, 4) is 0 Å². The van der Waals surface area contributed by atoms with E-state index in [9.17, 15) is 18.5 Å². The lowest BCUT2D eigenvalue weighted by Gasteiger charge is -2.36. The first-order valence-electron chi connectivity index (χ1n) is 8.33. The van der Waals surface area contributed by atoms with Crippen LogP contribution in [0.15, 0.2) is 23.1 Å². The molecule has 0 bridgehead atoms. The molecule has 0 amide bonds. The number of sulfone groups is 1. The van der Waals surface area contributed by atoms with Crippen LogP contribution < -0.4 is 10.2 Å². The molecule has 2 heterocycles. The van der Waals surface area contributed by atoms with Gasteiger partial charge in [0.25, 0.3) is 5.69 Å². The number of nitrogens with one attached hydrogen (secondary N) is 1. The topological polar surface area (TPSA) is 92.6 Å². The molecule has 2 aliphatic heterocycles. The number of nitro benzene ring substituents is 1. The Bertz CT molecular complexity index is 721. The number of rotatable bonds is 4. The summed E-state index contributed by atoms with van der Waals surface area (Å²) in [5, 5.41) is 14.9. The first kappa shape index (κ1) is 17.2. The smallest absolute Gasteiger partial charge is 0.293 e. The van der Waals surface area contributed by atoms with Crippen LogP contribution >= 0.6 is 0 Å². The molecule has 1 N–H and O–H groups in total. The molecule has 2 saturated heterocycles. The lowest BCUT2D eigenvalue weighted by atomic mass is 9.88. The van der Waals surface area contributed by atoms with Gasteiger partial charge in [-0.15, -0.1) is 0 Å². The van der Waals surface area contributed by atoms with E-state index >= 15 is 0 Å². The number of nitrogens with zero attached hydrogens (tertiary/aromatic N) is 2. The average Bonchev–Trinajstić information content (AvgIpc) is 3.08. The lowest BCUT2D eigenvalue weighted by molar-refractivity contribution is -0.384. The predicted octanol–water partition coefficient (Wildman–Crippen LogP) is 1.97. The monoisotopic (exact) mass is 353 g/mol. The Labute approximate surface area is 142 Å². The molecule has 0 saturated carbocycles. The highest BCUT2D eigenvalue weighted by Gasteiger charge is 2.30. The van der Waals surface area contributed by atoms with Gasteiger partial charge < -0.3 is 10.2 Å². The van der Waals surface area contributed by atoms with Crippen LogP contribution in [0.25, 0.3) is 0 Å². The average molecular weight is 353 g/mol. The van der Waals surface area contributed by atoms with Gasteiger partial charge in [-0.25, -0.2) is 8.42 Å². The van der Waals surface area contributed by atoms with Gasteiger partial charge in [0.05, 0.1) is 9.82 Å². The molecule has 1 aromatic rings. The molecule has 1 atom stereocenters. The summed E-state index contributed by atoms with van der Waals surface area (Å²) in [4.78, 5) is 12.9. The van der Waals surface area contributed by atoms with Crippen molar-refractivity contribution in [1.82, 2.24) is 5.32 Å². The second kappa shape index (κ2) is 6.68. The highest BCUT2D eigenvalue weighted by molar-refractivity contribution is 7.90. The standard InChI is InChI=1S/C16H23N3O4S/c1-24(22,23)13-4-5-15(16(11-13)19(20)21)18-9-6-12(7-10-18)14-3-2-8-17-14/h4-5,11-12,14,17H,2-3,6-10H2,1H3. The molecule has 1 unspecified atom stereocenters. The fourth-order valence-corrected chi connectivity index (χ4v) is 4.45. The number of piperidine rings is 1. The van der Waals surface area contributed by atoms with Gasteiger partial charge in [0, 0.05) is 31.5 Å². The van der Waals surface area contributed by atoms with Crippen LogP contribution in [0.5, 0.6) is 0 Å². The van der Waals surface area contributed by atoms with Crippen molar-refractivity contribution in [2.75, 3.05) is 30.8 Å². The van der Waals surface area contributed by atoms with E-state index in [0.717, 1.165) is 38.7 Å². The fraction of sp³-hybridized carbons (Fsp3) is 0.625. The van der Waals surface area contributed by atoms with Crippen molar-refractivity contribution in [2.24, 2.45) is 5.92 Å². The van der Waals surface area contributed by atoms with Crippen LogP contribution in [0, 0.1) is 16.0 Å². The minimum absolute atomic E-state index is 0.0111. The second-order valence-corrected chi connectivity index (χ2v) is 8.72. The Morgan fingerprint density at radius 2 is 1.96 bits per heavy atom. The quantitative estimate of drug-likeness (QED) is 0.657. The van der Waals surface area contributed by atoms with Crippen molar-refractivity contribution in [1.29, 1.82) is 0 Å². The van der Waals surface area contributed by atoms with Crippen molar-refractivity contribution in [3.05, 3.63) is 28.3 Å². The molecule has 8 heteroatoms.